The zero-order chi connectivity index (χ0) is 19.4. The fourth-order valence-corrected chi connectivity index (χ4v) is 4.22. The molecule has 1 fully saturated rings. The van der Waals surface area contributed by atoms with Crippen molar-refractivity contribution in [1.29, 1.82) is 0 Å². The van der Waals surface area contributed by atoms with E-state index in [1.165, 1.54) is 24.7 Å². The highest BCUT2D eigenvalue weighted by Crippen LogP contribution is 2.44. The summed E-state index contributed by atoms with van der Waals surface area (Å²) in [5.74, 6) is -0.227. The lowest BCUT2D eigenvalue weighted by Crippen LogP contribution is -2.44. The molecule has 0 aromatic carbocycles. The van der Waals surface area contributed by atoms with Gasteiger partial charge in [0, 0.05) is 29.4 Å². The van der Waals surface area contributed by atoms with Gasteiger partial charge in [-0.1, -0.05) is 0 Å². The number of urea groups is 1. The maximum atomic E-state index is 14.0. The Balaban J connectivity index is 1.41. The molecule has 1 N–H and O–H groups in total. The normalized spacial score (nSPS) is 20.6. The fraction of sp³-hybridized carbons (Fsp3) is 0.333. The Morgan fingerprint density at radius 3 is 2.96 bits per heavy atom. The molecule has 0 radical (unpaired) electrons. The number of nitrogens with zero attached hydrogens (tertiary/aromatic N) is 5. The molecular formula is C18H15F3N6O. The van der Waals surface area contributed by atoms with Crippen molar-refractivity contribution in [1.82, 2.24) is 24.6 Å². The van der Waals surface area contributed by atoms with E-state index in [9.17, 15) is 18.0 Å². The van der Waals surface area contributed by atoms with Crippen molar-refractivity contribution >= 4 is 22.8 Å². The molecular weight excluding hydrogens is 373 g/mol. The first kappa shape index (κ1) is 17.0. The monoisotopic (exact) mass is 388 g/mol. The van der Waals surface area contributed by atoms with E-state index in [2.05, 4.69) is 20.4 Å². The summed E-state index contributed by atoms with van der Waals surface area (Å²) in [6.45, 7) is -2.75. The molecule has 144 valence electrons. The van der Waals surface area contributed by atoms with E-state index < -0.39 is 12.5 Å². The van der Waals surface area contributed by atoms with E-state index in [4.69, 9.17) is 0 Å². The number of carbonyl (C=O) groups is 1. The Morgan fingerprint density at radius 2 is 2.14 bits per heavy atom. The van der Waals surface area contributed by atoms with Crippen LogP contribution in [0.15, 0.2) is 30.7 Å². The Hall–Kier alpha value is -3.17. The average Bonchev–Trinajstić information content (AvgIpc) is 3.23. The third-order valence-corrected chi connectivity index (χ3v) is 5.42. The quantitative estimate of drug-likeness (QED) is 0.680. The summed E-state index contributed by atoms with van der Waals surface area (Å²) >= 11 is 0. The number of alkyl halides is 2. The van der Waals surface area contributed by atoms with Gasteiger partial charge in [-0.3, -0.25) is 5.32 Å². The van der Waals surface area contributed by atoms with Crippen molar-refractivity contribution in [2.45, 2.75) is 37.9 Å². The molecule has 7 nitrogen and oxygen atoms in total. The number of nitrogens with one attached hydrogen (secondary N) is 1. The lowest BCUT2D eigenvalue weighted by Gasteiger charge is -2.36. The number of rotatable bonds is 2. The van der Waals surface area contributed by atoms with Gasteiger partial charge in [0.05, 0.1) is 12.2 Å². The number of hydrogen-bond acceptors (Lipinski definition) is 4. The van der Waals surface area contributed by atoms with Crippen LogP contribution in [0, 0.1) is 5.95 Å². The summed E-state index contributed by atoms with van der Waals surface area (Å²) in [5, 5.41) is 6.91. The number of hydrogen-bond donors (Lipinski definition) is 1. The van der Waals surface area contributed by atoms with Gasteiger partial charge in [-0.15, -0.1) is 0 Å². The van der Waals surface area contributed by atoms with Gasteiger partial charge in [0.15, 0.2) is 0 Å². The first-order chi connectivity index (χ1) is 13.5. The van der Waals surface area contributed by atoms with Gasteiger partial charge in [-0.05, 0) is 37.0 Å². The van der Waals surface area contributed by atoms with Gasteiger partial charge in [0.25, 0.3) is 0 Å². The van der Waals surface area contributed by atoms with Crippen LogP contribution in [0.5, 0.6) is 0 Å². The Labute approximate surface area is 157 Å². The van der Waals surface area contributed by atoms with Crippen molar-refractivity contribution in [2.24, 2.45) is 0 Å². The van der Waals surface area contributed by atoms with Crippen LogP contribution in [0.4, 0.5) is 23.8 Å². The van der Waals surface area contributed by atoms with E-state index in [0.717, 1.165) is 18.4 Å². The third-order valence-electron chi connectivity index (χ3n) is 5.42. The second-order valence-corrected chi connectivity index (χ2v) is 6.97. The van der Waals surface area contributed by atoms with Crippen molar-refractivity contribution in [3.8, 4) is 0 Å². The van der Waals surface area contributed by atoms with Crippen LogP contribution >= 0.6 is 0 Å². The molecule has 10 heteroatoms. The molecule has 0 saturated carbocycles. The van der Waals surface area contributed by atoms with E-state index in [1.54, 1.807) is 11.0 Å². The van der Waals surface area contributed by atoms with Gasteiger partial charge in [-0.2, -0.15) is 18.3 Å². The summed E-state index contributed by atoms with van der Waals surface area (Å²) in [5.41, 5.74) is 1.68. The Morgan fingerprint density at radius 1 is 1.29 bits per heavy atom. The van der Waals surface area contributed by atoms with Crippen LogP contribution in [0.25, 0.3) is 10.9 Å². The number of aromatic nitrogens is 4. The van der Waals surface area contributed by atoms with Crippen LogP contribution < -0.4 is 5.32 Å². The lowest BCUT2D eigenvalue weighted by atomic mass is 9.95. The van der Waals surface area contributed by atoms with Gasteiger partial charge < -0.3 is 4.90 Å². The van der Waals surface area contributed by atoms with Crippen molar-refractivity contribution in [3.63, 3.8) is 0 Å². The molecule has 0 spiro atoms. The second kappa shape index (κ2) is 6.18. The fourth-order valence-electron chi connectivity index (χ4n) is 4.22. The lowest BCUT2D eigenvalue weighted by molar-refractivity contribution is 0.0573. The molecule has 1 saturated heterocycles. The molecule has 2 aliphatic rings. The number of carbonyl (C=O) groups excluding carboxylic acids is 1. The van der Waals surface area contributed by atoms with Crippen LogP contribution in [0.1, 0.15) is 36.6 Å². The first-order valence-electron chi connectivity index (χ1n) is 8.87. The van der Waals surface area contributed by atoms with E-state index >= 15 is 0 Å². The molecule has 2 amide bonds. The summed E-state index contributed by atoms with van der Waals surface area (Å²) in [6, 6.07) is 2.60. The summed E-state index contributed by atoms with van der Waals surface area (Å²) in [7, 11) is 0. The standard InChI is InChI=1S/C18H15F3N6O/c19-16-12-6-10-1-2-14(11(12)3-4-22-16)27(10)18(28)24-15-5-9-8-26(17(20)21)25-13(9)7-23-15/h3-5,7-8,10,14,17H,1-2,6H2,(H,24,28)/t10-,14+/m0/s1. The van der Waals surface area contributed by atoms with E-state index in [0.29, 0.717) is 27.6 Å². The minimum Gasteiger partial charge on any atom is -0.314 e. The smallest absolute Gasteiger partial charge is 0.314 e. The highest BCUT2D eigenvalue weighted by atomic mass is 19.3. The van der Waals surface area contributed by atoms with Gasteiger partial charge >= 0.3 is 12.6 Å². The molecule has 28 heavy (non-hydrogen) atoms. The van der Waals surface area contributed by atoms with Gasteiger partial charge in [0.1, 0.15) is 11.3 Å². The topological polar surface area (TPSA) is 75.9 Å². The molecule has 2 bridgehead atoms. The number of fused-ring (bicyclic) bond motifs is 5. The maximum Gasteiger partial charge on any atom is 0.333 e. The van der Waals surface area contributed by atoms with E-state index in [1.807, 2.05) is 0 Å². The number of anilines is 1. The molecule has 0 aliphatic carbocycles. The molecule has 5 heterocycles. The summed E-state index contributed by atoms with van der Waals surface area (Å²) < 4.78 is 40.1. The SMILES string of the molecule is O=C(Nc1cc2cn(C(F)F)nc2cn1)N1[C@H]2CC[C@@H]1c1ccnc(F)c1C2. The van der Waals surface area contributed by atoms with Crippen molar-refractivity contribution in [2.75, 3.05) is 5.32 Å². The van der Waals surface area contributed by atoms with E-state index in [-0.39, 0.29) is 23.9 Å². The molecule has 2 aliphatic heterocycles. The zero-order valence-electron chi connectivity index (χ0n) is 14.5. The van der Waals surface area contributed by atoms with Gasteiger partial charge in [0.2, 0.25) is 5.95 Å². The first-order valence-corrected chi connectivity index (χ1v) is 8.87. The zero-order valence-corrected chi connectivity index (χ0v) is 14.5. The number of amides is 2. The molecule has 5 rings (SSSR count). The maximum absolute atomic E-state index is 14.0. The molecule has 3 aromatic rings. The van der Waals surface area contributed by atoms with Crippen molar-refractivity contribution < 1.29 is 18.0 Å². The van der Waals surface area contributed by atoms with Crippen LogP contribution in [-0.2, 0) is 6.42 Å². The number of halogens is 3. The van der Waals surface area contributed by atoms with Gasteiger partial charge in [-0.25, -0.2) is 19.4 Å². The third kappa shape index (κ3) is 2.59. The average molecular weight is 388 g/mol. The largest absolute Gasteiger partial charge is 0.333 e. The molecule has 3 aromatic heterocycles. The van der Waals surface area contributed by atoms with Crippen LogP contribution in [0.2, 0.25) is 0 Å². The summed E-state index contributed by atoms with van der Waals surface area (Å²) in [6.07, 6.45) is 5.91. The summed E-state index contributed by atoms with van der Waals surface area (Å²) in [4.78, 5) is 22.4. The number of pyridine rings is 2. The van der Waals surface area contributed by atoms with Crippen LogP contribution in [0.3, 0.4) is 0 Å². The van der Waals surface area contributed by atoms with Crippen LogP contribution in [-0.4, -0.2) is 36.7 Å². The predicted octanol–water partition coefficient (Wildman–Crippen LogP) is 3.65. The highest BCUT2D eigenvalue weighted by molar-refractivity contribution is 5.91. The Kier molecular flexibility index (Phi) is 3.74. The predicted molar refractivity (Wildman–Crippen MR) is 93.3 cm³/mol. The molecule has 2 atom stereocenters. The van der Waals surface area contributed by atoms with Crippen molar-refractivity contribution in [3.05, 3.63) is 47.8 Å². The Bertz CT molecular complexity index is 1080. The highest BCUT2D eigenvalue weighted by Gasteiger charge is 2.43. The minimum absolute atomic E-state index is 0.110. The second-order valence-electron chi connectivity index (χ2n) is 6.97. The molecule has 0 unspecified atom stereocenters. The minimum atomic E-state index is -2.75.